The van der Waals surface area contributed by atoms with Crippen molar-refractivity contribution in [2.24, 2.45) is 0 Å². The Morgan fingerprint density at radius 3 is 1.70 bits per heavy atom. The summed E-state index contributed by atoms with van der Waals surface area (Å²) < 4.78 is 8.73. The second kappa shape index (κ2) is 14.3. The Labute approximate surface area is 353 Å². The van der Waals surface area contributed by atoms with Crippen LogP contribution in [0.1, 0.15) is 0 Å². The second-order valence-corrected chi connectivity index (χ2v) is 15.7. The lowest BCUT2D eigenvalue weighted by atomic mass is 9.95. The van der Waals surface area contributed by atoms with E-state index in [4.69, 9.17) is 4.42 Å². The molecule has 12 rings (SSSR count). The maximum atomic E-state index is 6.35. The van der Waals surface area contributed by atoms with E-state index in [-0.39, 0.29) is 0 Å². The monoisotopic (exact) mass is 778 g/mol. The van der Waals surface area contributed by atoms with Crippen LogP contribution in [-0.2, 0) is 0 Å². The number of para-hydroxylation sites is 4. The molecule has 0 radical (unpaired) electrons. The molecule has 3 heteroatoms. The average Bonchev–Trinajstić information content (AvgIpc) is 3.88. The van der Waals surface area contributed by atoms with Crippen LogP contribution in [0.4, 0.5) is 17.1 Å². The molecular formula is C58H38N2O. The summed E-state index contributed by atoms with van der Waals surface area (Å²) in [6.45, 7) is 0. The Hall–Kier alpha value is -8.14. The van der Waals surface area contributed by atoms with Gasteiger partial charge in [-0.3, -0.25) is 0 Å². The normalized spacial score (nSPS) is 11.6. The lowest BCUT2D eigenvalue weighted by Gasteiger charge is -2.29. The van der Waals surface area contributed by atoms with Crippen molar-refractivity contribution < 1.29 is 4.42 Å². The molecule has 2 aromatic heterocycles. The van der Waals surface area contributed by atoms with Crippen molar-refractivity contribution in [1.29, 1.82) is 0 Å². The number of anilines is 3. The van der Waals surface area contributed by atoms with E-state index in [0.717, 1.165) is 72.3 Å². The van der Waals surface area contributed by atoms with Gasteiger partial charge in [0.25, 0.3) is 0 Å². The molecule has 0 bridgehead atoms. The van der Waals surface area contributed by atoms with Crippen molar-refractivity contribution in [3.05, 3.63) is 231 Å². The Kier molecular flexibility index (Phi) is 8.17. The van der Waals surface area contributed by atoms with Crippen LogP contribution in [0.25, 0.3) is 93.6 Å². The smallest absolute Gasteiger partial charge is 0.136 e. The van der Waals surface area contributed by atoms with Crippen molar-refractivity contribution in [1.82, 2.24) is 4.57 Å². The second-order valence-electron chi connectivity index (χ2n) is 15.7. The van der Waals surface area contributed by atoms with Gasteiger partial charge in [-0.25, -0.2) is 0 Å². The summed E-state index contributed by atoms with van der Waals surface area (Å²) in [5.41, 5.74) is 15.6. The van der Waals surface area contributed by atoms with Crippen LogP contribution in [-0.4, -0.2) is 4.57 Å². The van der Waals surface area contributed by atoms with Gasteiger partial charge in [-0.15, -0.1) is 0 Å². The van der Waals surface area contributed by atoms with E-state index in [0.29, 0.717) is 0 Å². The summed E-state index contributed by atoms with van der Waals surface area (Å²) in [6.07, 6.45) is 0. The first-order valence-corrected chi connectivity index (χ1v) is 20.8. The lowest BCUT2D eigenvalue weighted by molar-refractivity contribution is 0.669. The zero-order chi connectivity index (χ0) is 40.3. The van der Waals surface area contributed by atoms with Crippen LogP contribution in [0.2, 0.25) is 0 Å². The number of furan rings is 1. The van der Waals surface area contributed by atoms with Gasteiger partial charge >= 0.3 is 0 Å². The van der Waals surface area contributed by atoms with Crippen LogP contribution in [0.15, 0.2) is 235 Å². The largest absolute Gasteiger partial charge is 0.456 e. The minimum atomic E-state index is 0.894. The van der Waals surface area contributed by atoms with E-state index in [9.17, 15) is 0 Å². The van der Waals surface area contributed by atoms with Gasteiger partial charge in [0.1, 0.15) is 11.2 Å². The Morgan fingerprint density at radius 1 is 0.311 bits per heavy atom. The molecule has 0 saturated carbocycles. The third kappa shape index (κ3) is 5.82. The third-order valence-electron chi connectivity index (χ3n) is 12.2. The van der Waals surface area contributed by atoms with Gasteiger partial charge in [0.2, 0.25) is 0 Å². The first kappa shape index (κ1) is 34.9. The van der Waals surface area contributed by atoms with E-state index in [1.54, 1.807) is 0 Å². The summed E-state index contributed by atoms with van der Waals surface area (Å²) >= 11 is 0. The Bertz CT molecular complexity index is 3540. The molecule has 0 fully saturated rings. The van der Waals surface area contributed by atoms with Gasteiger partial charge < -0.3 is 13.9 Å². The van der Waals surface area contributed by atoms with Gasteiger partial charge in [0.15, 0.2) is 0 Å². The third-order valence-corrected chi connectivity index (χ3v) is 12.2. The van der Waals surface area contributed by atoms with Gasteiger partial charge in [-0.1, -0.05) is 164 Å². The summed E-state index contributed by atoms with van der Waals surface area (Å²) in [6, 6.07) is 83.0. The van der Waals surface area contributed by atoms with Crippen LogP contribution >= 0.6 is 0 Å². The maximum Gasteiger partial charge on any atom is 0.136 e. The minimum absolute atomic E-state index is 0.894. The molecule has 10 aromatic carbocycles. The number of benzene rings is 10. The van der Waals surface area contributed by atoms with Crippen molar-refractivity contribution in [2.75, 3.05) is 4.90 Å². The molecular weight excluding hydrogens is 741 g/mol. The fourth-order valence-electron chi connectivity index (χ4n) is 9.39. The zero-order valence-corrected chi connectivity index (χ0v) is 33.2. The molecule has 0 amide bonds. The highest BCUT2D eigenvalue weighted by molar-refractivity contribution is 6.11. The number of hydrogen-bond donors (Lipinski definition) is 0. The molecule has 0 saturated heterocycles. The van der Waals surface area contributed by atoms with Crippen molar-refractivity contribution in [3.63, 3.8) is 0 Å². The highest BCUT2D eigenvalue weighted by atomic mass is 16.3. The van der Waals surface area contributed by atoms with Gasteiger partial charge in [0, 0.05) is 43.9 Å². The molecule has 3 nitrogen and oxygen atoms in total. The number of hydrogen-bond acceptors (Lipinski definition) is 2. The van der Waals surface area contributed by atoms with Crippen LogP contribution < -0.4 is 4.90 Å². The molecule has 0 spiro atoms. The van der Waals surface area contributed by atoms with E-state index in [1.807, 2.05) is 12.1 Å². The molecule has 12 aromatic rings. The number of rotatable bonds is 7. The molecule has 0 atom stereocenters. The summed E-state index contributed by atoms with van der Waals surface area (Å²) in [4.78, 5) is 2.43. The van der Waals surface area contributed by atoms with Gasteiger partial charge in [-0.05, 0) is 99.9 Å². The maximum absolute atomic E-state index is 6.35. The number of fused-ring (bicyclic) bond motifs is 7. The predicted octanol–water partition coefficient (Wildman–Crippen LogP) is 16.3. The van der Waals surface area contributed by atoms with Gasteiger partial charge in [0.05, 0.1) is 22.4 Å². The molecule has 61 heavy (non-hydrogen) atoms. The Balaban J connectivity index is 0.998. The summed E-state index contributed by atoms with van der Waals surface area (Å²) in [5, 5.41) is 7.13. The number of aromatic nitrogens is 1. The quantitative estimate of drug-likeness (QED) is 0.161. The highest BCUT2D eigenvalue weighted by Crippen LogP contribution is 2.46. The van der Waals surface area contributed by atoms with Crippen LogP contribution in [0.5, 0.6) is 0 Å². The predicted molar refractivity (Wildman–Crippen MR) is 257 cm³/mol. The standard InChI is InChI=1S/C58H38N2O/c1-2-15-40(16-3-1)46-19-6-10-25-53(46)59(56-36-35-45(47-20-4-5-21-48(47)56)42-31-34-52-51-24-9-13-28-57(51)61-58(52)38-42)43-32-29-39(30-33-43)41-17-14-18-44(37-41)60-54-26-11-7-22-49(54)50-23-8-12-27-55(50)60/h1-38H. The topological polar surface area (TPSA) is 21.3 Å². The van der Waals surface area contributed by atoms with Crippen molar-refractivity contribution in [2.45, 2.75) is 0 Å². The SMILES string of the molecule is c1ccc(-c2ccccc2N(c2ccc(-c3cccc(-n4c5ccccc5c5ccccc54)c3)cc2)c2ccc(-c3ccc4c(c3)oc3ccccc34)c3ccccc23)cc1. The Morgan fingerprint density at radius 2 is 0.918 bits per heavy atom. The number of nitrogens with zero attached hydrogens (tertiary/aromatic N) is 2. The van der Waals surface area contributed by atoms with E-state index in [1.165, 1.54) is 38.3 Å². The van der Waals surface area contributed by atoms with Gasteiger partial charge in [-0.2, -0.15) is 0 Å². The molecule has 0 aliphatic heterocycles. The molecule has 286 valence electrons. The molecule has 0 aliphatic rings. The average molecular weight is 779 g/mol. The molecule has 0 unspecified atom stereocenters. The van der Waals surface area contributed by atoms with E-state index >= 15 is 0 Å². The fraction of sp³-hybridized carbons (Fsp3) is 0. The highest BCUT2D eigenvalue weighted by Gasteiger charge is 2.21. The molecule has 2 heterocycles. The van der Waals surface area contributed by atoms with Crippen LogP contribution in [0.3, 0.4) is 0 Å². The summed E-state index contributed by atoms with van der Waals surface area (Å²) in [5.74, 6) is 0. The summed E-state index contributed by atoms with van der Waals surface area (Å²) in [7, 11) is 0. The van der Waals surface area contributed by atoms with Crippen molar-refractivity contribution in [3.8, 4) is 39.1 Å². The molecule has 0 aliphatic carbocycles. The van der Waals surface area contributed by atoms with E-state index < -0.39 is 0 Å². The lowest BCUT2D eigenvalue weighted by Crippen LogP contribution is -2.12. The van der Waals surface area contributed by atoms with Crippen molar-refractivity contribution >= 4 is 71.6 Å². The minimum Gasteiger partial charge on any atom is -0.456 e. The first-order chi connectivity index (χ1) is 30.3. The first-order valence-electron chi connectivity index (χ1n) is 20.8. The fourth-order valence-corrected chi connectivity index (χ4v) is 9.39. The van der Waals surface area contributed by atoms with Crippen LogP contribution in [0, 0.1) is 0 Å². The molecule has 0 N–H and O–H groups in total. The van der Waals surface area contributed by atoms with E-state index in [2.05, 4.69) is 228 Å². The zero-order valence-electron chi connectivity index (χ0n) is 33.2.